The van der Waals surface area contributed by atoms with Crippen molar-refractivity contribution in [2.75, 3.05) is 0 Å². The predicted octanol–water partition coefficient (Wildman–Crippen LogP) is 10.6. The van der Waals surface area contributed by atoms with Crippen LogP contribution in [0.3, 0.4) is 0 Å². The van der Waals surface area contributed by atoms with Crippen LogP contribution in [0.4, 0.5) is 26.3 Å². The Balaban J connectivity index is 2.65. The van der Waals surface area contributed by atoms with Crippen LogP contribution in [0.25, 0.3) is 0 Å². The van der Waals surface area contributed by atoms with E-state index in [-0.39, 0.29) is 35.8 Å². The van der Waals surface area contributed by atoms with E-state index in [9.17, 15) is 31.4 Å². The topological polar surface area (TPSA) is 38.7 Å². The zero-order valence-electron chi connectivity index (χ0n) is 34.1. The Labute approximate surface area is 273 Å². The van der Waals surface area contributed by atoms with Gasteiger partial charge < -0.3 is 14.0 Å². The molecule has 0 radical (unpaired) electrons. The molecular formula is C33H58F6O3Si2. The lowest BCUT2D eigenvalue weighted by atomic mass is 9.56. The second kappa shape index (κ2) is 12.8. The van der Waals surface area contributed by atoms with Gasteiger partial charge in [0.1, 0.15) is 0 Å². The van der Waals surface area contributed by atoms with Gasteiger partial charge in [0.25, 0.3) is 0 Å². The monoisotopic (exact) mass is 678 g/mol. The van der Waals surface area contributed by atoms with Crippen LogP contribution in [0.15, 0.2) is 0 Å². The standard InChI is InChI=1S/C33H58F6O3Si2/c1-27(2,3)44(11,12)41-25-16-13-22-30(7)24(25)17-18-26(30)29(6,20-14-19-28(4,5)42-43(8,9)10)21-15-23-31(40,32(34,35)36)33(37,38)39/h24-26,40H,13-14,16-22H2,1-12H3/t24?,25-,26+,29?,30-/m0/s1/i4D3,5D3. The first kappa shape index (κ1) is 30.8. The van der Waals surface area contributed by atoms with Gasteiger partial charge in [0.05, 0.1) is 5.60 Å². The highest BCUT2D eigenvalue weighted by molar-refractivity contribution is 6.74. The SMILES string of the molecule is [2H]C([2H])([2H])C(CCCC(C)(CC#CC(O)(C(F)(F)F)C(F)(F)F)[C@H]1CCC2[C@@H](O[Si](C)(C)C(C)(C)C)CCC[C@@]21C)(O[Si](C)(C)C)C([2H])([2H])[2H]. The van der Waals surface area contributed by atoms with E-state index >= 15 is 0 Å². The van der Waals surface area contributed by atoms with Gasteiger partial charge in [0.15, 0.2) is 16.6 Å². The van der Waals surface area contributed by atoms with Crippen LogP contribution >= 0.6 is 0 Å². The van der Waals surface area contributed by atoms with Crippen molar-refractivity contribution in [2.45, 2.75) is 174 Å². The van der Waals surface area contributed by atoms with E-state index in [1.807, 2.05) is 0 Å². The van der Waals surface area contributed by atoms with E-state index in [0.29, 0.717) is 12.8 Å². The lowest BCUT2D eigenvalue weighted by Crippen LogP contribution is -2.55. The fourth-order valence-electron chi connectivity index (χ4n) is 7.34. The molecule has 0 saturated heterocycles. The first-order chi connectivity index (χ1) is 21.9. The average molecular weight is 679 g/mol. The molecule has 2 aliphatic carbocycles. The molecule has 2 unspecified atom stereocenters. The Morgan fingerprint density at radius 3 is 1.95 bits per heavy atom. The Bertz CT molecular complexity index is 1220. The molecule has 0 amide bonds. The number of hydrogen-bond acceptors (Lipinski definition) is 3. The first-order valence-corrected chi connectivity index (χ1v) is 22.0. The third-order valence-electron chi connectivity index (χ3n) is 10.5. The van der Waals surface area contributed by atoms with E-state index < -0.39 is 77.6 Å². The Kier molecular flexibility index (Phi) is 8.96. The minimum absolute atomic E-state index is 0.0522. The maximum Gasteiger partial charge on any atom is 0.438 e. The van der Waals surface area contributed by atoms with Crippen LogP contribution in [0.2, 0.25) is 37.8 Å². The maximum absolute atomic E-state index is 13.6. The van der Waals surface area contributed by atoms with Gasteiger partial charge in [-0.15, -0.1) is 0 Å². The van der Waals surface area contributed by atoms with Gasteiger partial charge in [-0.05, 0) is 119 Å². The maximum atomic E-state index is 13.6. The summed E-state index contributed by atoms with van der Waals surface area (Å²) in [5.74, 6) is 2.97. The molecule has 2 fully saturated rings. The third kappa shape index (κ3) is 8.87. The molecule has 0 aromatic rings. The van der Waals surface area contributed by atoms with Crippen molar-refractivity contribution in [2.24, 2.45) is 22.7 Å². The summed E-state index contributed by atoms with van der Waals surface area (Å²) >= 11 is 0. The molecule has 2 aliphatic rings. The minimum atomic E-state index is -6.11. The lowest BCUT2D eigenvalue weighted by Gasteiger charge is -2.52. The highest BCUT2D eigenvalue weighted by atomic mass is 28.4. The normalized spacial score (nSPS) is 30.0. The van der Waals surface area contributed by atoms with Crippen molar-refractivity contribution in [3.05, 3.63) is 0 Å². The fourth-order valence-corrected chi connectivity index (χ4v) is 9.88. The van der Waals surface area contributed by atoms with Gasteiger partial charge in [0.2, 0.25) is 0 Å². The first-order valence-electron chi connectivity index (χ1n) is 18.6. The number of aliphatic hydroxyl groups is 1. The van der Waals surface area contributed by atoms with Gasteiger partial charge in [0, 0.05) is 20.7 Å². The highest BCUT2D eigenvalue weighted by Crippen LogP contribution is 2.63. The average Bonchev–Trinajstić information content (AvgIpc) is 3.22. The Hall–Kier alpha value is -0.546. The highest BCUT2D eigenvalue weighted by Gasteiger charge is 2.70. The molecular weight excluding hydrogens is 615 g/mol. The summed E-state index contributed by atoms with van der Waals surface area (Å²) in [5, 5.41) is 9.73. The van der Waals surface area contributed by atoms with Crippen LogP contribution in [-0.2, 0) is 8.85 Å². The molecule has 11 heteroatoms. The Morgan fingerprint density at radius 1 is 0.909 bits per heavy atom. The van der Waals surface area contributed by atoms with Gasteiger partial charge in [-0.2, -0.15) is 26.3 Å². The molecule has 5 atom stereocenters. The number of halogens is 6. The smallest absolute Gasteiger partial charge is 0.414 e. The zero-order chi connectivity index (χ0) is 39.4. The van der Waals surface area contributed by atoms with Gasteiger partial charge >= 0.3 is 18.0 Å². The van der Waals surface area contributed by atoms with Crippen molar-refractivity contribution in [3.8, 4) is 11.8 Å². The number of fused-ring (bicyclic) bond motifs is 1. The number of alkyl halides is 6. The summed E-state index contributed by atoms with van der Waals surface area (Å²) in [7, 11) is -4.99. The van der Waals surface area contributed by atoms with Crippen LogP contribution < -0.4 is 0 Å². The number of rotatable bonds is 10. The molecule has 2 rings (SSSR count). The molecule has 0 aromatic heterocycles. The van der Waals surface area contributed by atoms with Crippen LogP contribution in [0.1, 0.15) is 114 Å². The second-order valence-corrected chi connectivity index (χ2v) is 25.5. The quantitative estimate of drug-likeness (QED) is 0.142. The van der Waals surface area contributed by atoms with Crippen molar-refractivity contribution >= 4 is 16.6 Å². The lowest BCUT2D eigenvalue weighted by molar-refractivity contribution is -0.343. The molecule has 1 N–H and O–H groups in total. The summed E-state index contributed by atoms with van der Waals surface area (Å²) in [6.07, 6.45) is -9.53. The third-order valence-corrected chi connectivity index (χ3v) is 16.0. The fraction of sp³-hybridized carbons (Fsp3) is 0.939. The largest absolute Gasteiger partial charge is 0.438 e. The van der Waals surface area contributed by atoms with Crippen molar-refractivity contribution in [3.63, 3.8) is 0 Å². The molecule has 0 aliphatic heterocycles. The van der Waals surface area contributed by atoms with Gasteiger partial charge in [-0.25, -0.2) is 0 Å². The Morgan fingerprint density at radius 2 is 1.48 bits per heavy atom. The van der Waals surface area contributed by atoms with E-state index in [4.69, 9.17) is 17.1 Å². The summed E-state index contributed by atoms with van der Waals surface area (Å²) in [6.45, 7) is 13.5. The number of hydrogen-bond donors (Lipinski definition) is 1. The van der Waals surface area contributed by atoms with E-state index in [0.717, 1.165) is 25.2 Å². The molecule has 0 aromatic carbocycles. The molecule has 0 spiro atoms. The van der Waals surface area contributed by atoms with E-state index in [1.165, 1.54) is 0 Å². The van der Waals surface area contributed by atoms with E-state index in [2.05, 4.69) is 46.7 Å². The molecule has 3 nitrogen and oxygen atoms in total. The predicted molar refractivity (Wildman–Crippen MR) is 170 cm³/mol. The summed E-state index contributed by atoms with van der Waals surface area (Å²) in [4.78, 5) is 0. The van der Waals surface area contributed by atoms with Crippen LogP contribution in [0, 0.1) is 34.5 Å². The molecule has 44 heavy (non-hydrogen) atoms. The molecule has 0 bridgehead atoms. The molecule has 0 heterocycles. The summed E-state index contributed by atoms with van der Waals surface area (Å²) in [5.41, 5.74) is -9.29. The van der Waals surface area contributed by atoms with Gasteiger partial charge in [-0.1, -0.05) is 53.4 Å². The van der Waals surface area contributed by atoms with Crippen molar-refractivity contribution in [1.29, 1.82) is 0 Å². The minimum Gasteiger partial charge on any atom is -0.414 e. The van der Waals surface area contributed by atoms with Crippen molar-refractivity contribution in [1.82, 2.24) is 0 Å². The molecule has 2 saturated carbocycles. The van der Waals surface area contributed by atoms with E-state index in [1.54, 1.807) is 26.6 Å². The van der Waals surface area contributed by atoms with Gasteiger partial charge in [-0.3, -0.25) is 0 Å². The summed E-state index contributed by atoms with van der Waals surface area (Å²) < 4.78 is 144. The second-order valence-electron chi connectivity index (χ2n) is 16.3. The molecule has 258 valence electrons. The zero-order valence-corrected chi connectivity index (χ0v) is 30.1. The summed E-state index contributed by atoms with van der Waals surface area (Å²) in [6, 6.07) is 0. The van der Waals surface area contributed by atoms with Crippen LogP contribution in [0.5, 0.6) is 0 Å². The van der Waals surface area contributed by atoms with Crippen LogP contribution in [-0.4, -0.2) is 51.4 Å². The van der Waals surface area contributed by atoms with Crippen molar-refractivity contribution < 1.29 is 48.5 Å².